The fourth-order valence-corrected chi connectivity index (χ4v) is 9.04. The Kier molecular flexibility index (Phi) is 10.3. The van der Waals surface area contributed by atoms with Gasteiger partial charge in [0.2, 0.25) is 0 Å². The summed E-state index contributed by atoms with van der Waals surface area (Å²) in [6.45, 7) is 15.2. The Labute approximate surface area is 358 Å². The van der Waals surface area contributed by atoms with Crippen LogP contribution in [0, 0.1) is 52.0 Å². The molecule has 2 aliphatic rings. The van der Waals surface area contributed by atoms with E-state index in [1.807, 2.05) is 0 Å². The number of aryl methyl sites for hydroxylation is 7. The van der Waals surface area contributed by atoms with Crippen molar-refractivity contribution in [2.75, 3.05) is 0 Å². The van der Waals surface area contributed by atoms with Gasteiger partial charge in [-0.1, -0.05) is 102 Å². The molecule has 7 aromatic rings. The summed E-state index contributed by atoms with van der Waals surface area (Å²) < 4.78 is 1.17. The molecule has 4 nitrogen and oxygen atoms in total. The number of benzene rings is 4. The fourth-order valence-electron chi connectivity index (χ4n) is 8.68. The Balaban J connectivity index is 0.00000455. The largest absolute Gasteiger partial charge is 2.00 e. The maximum Gasteiger partial charge on any atom is 2.00 e. The molecule has 1 radical (unpaired) electrons. The van der Waals surface area contributed by atoms with Crippen LogP contribution in [-0.2, 0) is 16.8 Å². The van der Waals surface area contributed by atoms with E-state index in [1.165, 1.54) is 42.5 Å². The van der Waals surface area contributed by atoms with Gasteiger partial charge in [0, 0.05) is 3.57 Å². The van der Waals surface area contributed by atoms with Gasteiger partial charge < -0.3 is 9.97 Å². The van der Waals surface area contributed by atoms with Gasteiger partial charge in [-0.3, -0.25) is 0 Å². The third-order valence-corrected chi connectivity index (χ3v) is 11.7. The smallest absolute Gasteiger partial charge is 0.657 e. The number of nitrogens with zero attached hydrogens (tertiary/aromatic N) is 4. The Bertz CT molecular complexity index is 2730. The summed E-state index contributed by atoms with van der Waals surface area (Å²) in [5.41, 5.74) is 23.9. The minimum absolute atomic E-state index is 0. The van der Waals surface area contributed by atoms with Crippen LogP contribution in [0.15, 0.2) is 97.1 Å². The van der Waals surface area contributed by atoms with E-state index in [2.05, 4.69) is 192 Å². The zero-order chi connectivity index (χ0) is 38.8. The van der Waals surface area contributed by atoms with Gasteiger partial charge >= 0.3 is 16.8 Å². The second kappa shape index (κ2) is 15.2. The van der Waals surface area contributed by atoms with Gasteiger partial charge in [-0.05, 0) is 174 Å². The molecule has 0 atom stereocenters. The van der Waals surface area contributed by atoms with E-state index in [-0.39, 0.29) is 16.8 Å². The van der Waals surface area contributed by atoms with E-state index in [9.17, 15) is 0 Å². The van der Waals surface area contributed by atoms with Gasteiger partial charge in [-0.2, -0.15) is 0 Å². The Hall–Kier alpha value is -5.28. The van der Waals surface area contributed by atoms with Crippen molar-refractivity contribution < 1.29 is 16.8 Å². The molecular formula is C51H41CoIN4. The molecule has 5 heterocycles. The monoisotopic (exact) mass is 895 g/mol. The SMILES string of the molecule is Cc1ccc(-c2c3nc(c(-c4c(C)cc(C)cc4C)c4ccc([n-]4)c(-c4ccc(I)cc4)c4nc(c(-c5c(C)cc(C)cc5C)c5ccc2[n-]5)C=C4)C=C3)cc1.[Co+2]. The fraction of sp³-hybridized carbons (Fsp3) is 0.137. The van der Waals surface area contributed by atoms with Gasteiger partial charge in [0.1, 0.15) is 0 Å². The first-order valence-corrected chi connectivity index (χ1v) is 20.2. The summed E-state index contributed by atoms with van der Waals surface area (Å²) in [5.74, 6) is 0. The number of hydrogen-bond acceptors (Lipinski definition) is 2. The van der Waals surface area contributed by atoms with Crippen LogP contribution in [0.1, 0.15) is 61.7 Å². The van der Waals surface area contributed by atoms with Crippen LogP contribution in [0.4, 0.5) is 0 Å². The van der Waals surface area contributed by atoms with E-state index in [1.54, 1.807) is 0 Å². The molecule has 0 spiro atoms. The summed E-state index contributed by atoms with van der Waals surface area (Å²) in [7, 11) is 0. The van der Waals surface area contributed by atoms with Crippen molar-refractivity contribution in [2.45, 2.75) is 48.5 Å². The molecule has 2 aliphatic heterocycles. The summed E-state index contributed by atoms with van der Waals surface area (Å²) in [6, 6.07) is 34.9. The standard InChI is InChI=1S/C51H41IN4.Co/c1-28-8-10-35(11-9-28)48-38-16-20-42(53-38)50(46-31(4)24-29(2)25-32(46)5)44-22-18-40(55-44)49(36-12-14-37(52)15-13-36)41-19-23-45(56-41)51(43-21-17-39(48)54-43)47-33(6)26-30(3)27-34(47)7;/h8-27H,1-7H3;/q-2;+2. The van der Waals surface area contributed by atoms with Crippen LogP contribution >= 0.6 is 22.6 Å². The van der Waals surface area contributed by atoms with Crippen LogP contribution in [0.2, 0.25) is 0 Å². The molecule has 57 heavy (non-hydrogen) atoms. The zero-order valence-corrected chi connectivity index (χ0v) is 36.2. The number of aromatic nitrogens is 4. The number of rotatable bonds is 4. The predicted molar refractivity (Wildman–Crippen MR) is 244 cm³/mol. The first-order chi connectivity index (χ1) is 27.0. The van der Waals surface area contributed by atoms with Crippen LogP contribution in [0.25, 0.3) is 90.9 Å². The van der Waals surface area contributed by atoms with Gasteiger partial charge in [-0.15, -0.1) is 22.1 Å². The van der Waals surface area contributed by atoms with Gasteiger partial charge in [-0.25, -0.2) is 9.97 Å². The van der Waals surface area contributed by atoms with Gasteiger partial charge in [0.15, 0.2) is 0 Å². The maximum atomic E-state index is 5.48. The Morgan fingerprint density at radius 3 is 1.05 bits per heavy atom. The second-order valence-corrected chi connectivity index (χ2v) is 16.5. The Morgan fingerprint density at radius 1 is 0.368 bits per heavy atom. The molecule has 3 aromatic heterocycles. The van der Waals surface area contributed by atoms with Crippen molar-refractivity contribution in [3.63, 3.8) is 0 Å². The minimum atomic E-state index is 0. The van der Waals surface area contributed by atoms with Crippen LogP contribution < -0.4 is 9.97 Å². The quantitative estimate of drug-likeness (QED) is 0.165. The van der Waals surface area contributed by atoms with Crippen molar-refractivity contribution in [2.24, 2.45) is 0 Å². The molecule has 0 fully saturated rings. The molecule has 0 amide bonds. The van der Waals surface area contributed by atoms with Crippen LogP contribution in [-0.4, -0.2) is 9.97 Å². The number of hydrogen-bond donors (Lipinski definition) is 0. The van der Waals surface area contributed by atoms with Crippen molar-refractivity contribution in [1.82, 2.24) is 19.9 Å². The van der Waals surface area contributed by atoms with E-state index in [0.717, 1.165) is 89.4 Å². The molecule has 0 N–H and O–H groups in total. The van der Waals surface area contributed by atoms with Crippen LogP contribution in [0.3, 0.4) is 0 Å². The number of fused-ring (bicyclic) bond motifs is 8. The summed E-state index contributed by atoms with van der Waals surface area (Å²) in [5, 5.41) is 0. The van der Waals surface area contributed by atoms with E-state index in [0.29, 0.717) is 0 Å². The molecule has 6 heteroatoms. The topological polar surface area (TPSA) is 54.0 Å². The first-order valence-electron chi connectivity index (χ1n) is 19.1. The van der Waals surface area contributed by atoms with Crippen molar-refractivity contribution in [3.8, 4) is 44.5 Å². The number of halogens is 1. The summed E-state index contributed by atoms with van der Waals surface area (Å²) in [4.78, 5) is 21.9. The Morgan fingerprint density at radius 2 is 0.684 bits per heavy atom. The molecule has 9 rings (SSSR count). The van der Waals surface area contributed by atoms with E-state index in [4.69, 9.17) is 19.9 Å². The minimum Gasteiger partial charge on any atom is -0.657 e. The first kappa shape index (κ1) is 38.6. The molecule has 8 bridgehead atoms. The molecule has 281 valence electrons. The molecule has 4 aromatic carbocycles. The third kappa shape index (κ3) is 7.04. The molecule has 0 aliphatic carbocycles. The molecule has 0 unspecified atom stereocenters. The van der Waals surface area contributed by atoms with Gasteiger partial charge in [0.25, 0.3) is 0 Å². The van der Waals surface area contributed by atoms with E-state index < -0.39 is 0 Å². The predicted octanol–water partition coefficient (Wildman–Crippen LogP) is 13.3. The average molecular weight is 896 g/mol. The molecule has 0 saturated carbocycles. The average Bonchev–Trinajstić information content (AvgIpc) is 3.99. The van der Waals surface area contributed by atoms with Crippen molar-refractivity contribution in [3.05, 3.63) is 162 Å². The van der Waals surface area contributed by atoms with Gasteiger partial charge in [0.05, 0.1) is 22.8 Å². The molecule has 0 saturated heterocycles. The maximum absolute atomic E-state index is 5.48. The normalized spacial score (nSPS) is 11.9. The second-order valence-electron chi connectivity index (χ2n) is 15.3. The zero-order valence-electron chi connectivity index (χ0n) is 33.0. The van der Waals surface area contributed by atoms with Crippen molar-refractivity contribution >= 4 is 69.0 Å². The summed E-state index contributed by atoms with van der Waals surface area (Å²) >= 11 is 2.37. The molecular weight excluding hydrogens is 854 g/mol. The van der Waals surface area contributed by atoms with Crippen LogP contribution in [0.5, 0.6) is 0 Å². The third-order valence-electron chi connectivity index (χ3n) is 10.9. The van der Waals surface area contributed by atoms with E-state index >= 15 is 0 Å². The summed E-state index contributed by atoms with van der Waals surface area (Å²) in [6.07, 6.45) is 8.59. The van der Waals surface area contributed by atoms with Crippen molar-refractivity contribution in [1.29, 1.82) is 0 Å².